The van der Waals surface area contributed by atoms with E-state index in [1.54, 1.807) is 0 Å². The van der Waals surface area contributed by atoms with Crippen molar-refractivity contribution in [2.24, 2.45) is 0 Å². The third kappa shape index (κ3) is 4.99. The van der Waals surface area contributed by atoms with Gasteiger partial charge in [0.1, 0.15) is 5.60 Å². The van der Waals surface area contributed by atoms with E-state index in [0.717, 1.165) is 38.8 Å². The summed E-state index contributed by atoms with van der Waals surface area (Å²) in [7, 11) is 0. The van der Waals surface area contributed by atoms with Crippen LogP contribution in [0.2, 0.25) is 0 Å². The van der Waals surface area contributed by atoms with Crippen molar-refractivity contribution < 1.29 is 14.3 Å². The predicted molar refractivity (Wildman–Crippen MR) is 73.2 cm³/mol. The molecule has 0 unspecified atom stereocenters. The summed E-state index contributed by atoms with van der Waals surface area (Å²) in [4.78, 5) is 11.6. The van der Waals surface area contributed by atoms with Crippen LogP contribution in [0.1, 0.15) is 46.5 Å². The van der Waals surface area contributed by atoms with Gasteiger partial charge in [-0.25, -0.2) is 4.79 Å². The van der Waals surface area contributed by atoms with Gasteiger partial charge >= 0.3 is 6.09 Å². The molecule has 1 saturated heterocycles. The van der Waals surface area contributed by atoms with E-state index in [4.69, 9.17) is 9.47 Å². The monoisotopic (exact) mass is 270 g/mol. The van der Waals surface area contributed by atoms with Crippen molar-refractivity contribution in [1.82, 2.24) is 10.6 Å². The number of alkyl carbamates (subject to hydrolysis) is 1. The maximum atomic E-state index is 11.6. The number of ether oxygens (including phenoxy) is 2. The minimum absolute atomic E-state index is 0.210. The second-order valence-electron chi connectivity index (χ2n) is 6.52. The lowest BCUT2D eigenvalue weighted by molar-refractivity contribution is -0.0741. The highest BCUT2D eigenvalue weighted by Crippen LogP contribution is 2.26. The molecule has 0 spiro atoms. The molecule has 2 N–H and O–H groups in total. The first-order chi connectivity index (χ1) is 8.92. The number of hydrogen-bond acceptors (Lipinski definition) is 4. The van der Waals surface area contributed by atoms with E-state index in [1.165, 1.54) is 0 Å². The zero-order chi connectivity index (χ0) is 13.9. The molecule has 0 atom stereocenters. The summed E-state index contributed by atoms with van der Waals surface area (Å²) in [6.07, 6.45) is 4.39. The van der Waals surface area contributed by atoms with E-state index in [0.29, 0.717) is 12.2 Å². The van der Waals surface area contributed by atoms with Gasteiger partial charge in [-0.3, -0.25) is 0 Å². The molecule has 110 valence electrons. The summed E-state index contributed by atoms with van der Waals surface area (Å²) >= 11 is 0. The van der Waals surface area contributed by atoms with Crippen LogP contribution >= 0.6 is 0 Å². The highest BCUT2D eigenvalue weighted by atomic mass is 16.6. The van der Waals surface area contributed by atoms with Crippen molar-refractivity contribution in [1.29, 1.82) is 0 Å². The van der Waals surface area contributed by atoms with E-state index in [-0.39, 0.29) is 12.1 Å². The number of carbonyl (C=O) groups is 1. The van der Waals surface area contributed by atoms with E-state index in [9.17, 15) is 4.79 Å². The molecule has 2 rings (SSSR count). The maximum absolute atomic E-state index is 11.6. The standard InChI is InChI=1S/C14H26N2O3/c1-14(2,3)19-13(17)16-10-8-12(9-10)18-11-4-6-15-7-5-11/h10-12,15H,4-9H2,1-3H3,(H,16,17)/t10-,12-. The molecule has 2 fully saturated rings. The first-order valence-electron chi connectivity index (χ1n) is 7.28. The van der Waals surface area contributed by atoms with Gasteiger partial charge < -0.3 is 20.1 Å². The molecular weight excluding hydrogens is 244 g/mol. The van der Waals surface area contributed by atoms with Gasteiger partial charge in [0, 0.05) is 6.04 Å². The zero-order valence-corrected chi connectivity index (χ0v) is 12.2. The van der Waals surface area contributed by atoms with E-state index in [2.05, 4.69) is 10.6 Å². The molecule has 1 heterocycles. The largest absolute Gasteiger partial charge is 0.444 e. The summed E-state index contributed by atoms with van der Waals surface area (Å²) in [6, 6.07) is 0.210. The molecule has 0 bridgehead atoms. The molecule has 1 saturated carbocycles. The smallest absolute Gasteiger partial charge is 0.407 e. The Bertz CT molecular complexity index is 302. The second kappa shape index (κ2) is 6.09. The van der Waals surface area contributed by atoms with Crippen LogP contribution in [-0.2, 0) is 9.47 Å². The maximum Gasteiger partial charge on any atom is 0.407 e. The first kappa shape index (κ1) is 14.6. The van der Waals surface area contributed by atoms with Gasteiger partial charge in [0.05, 0.1) is 12.2 Å². The van der Waals surface area contributed by atoms with Crippen LogP contribution in [0.3, 0.4) is 0 Å². The summed E-state index contributed by atoms with van der Waals surface area (Å²) in [6.45, 7) is 7.72. The summed E-state index contributed by atoms with van der Waals surface area (Å²) in [5, 5.41) is 6.21. The average molecular weight is 270 g/mol. The van der Waals surface area contributed by atoms with Crippen LogP contribution in [0.4, 0.5) is 4.79 Å². The lowest BCUT2D eigenvalue weighted by Crippen LogP contribution is -2.50. The third-order valence-corrected chi connectivity index (χ3v) is 3.49. The normalized spacial score (nSPS) is 28.6. The van der Waals surface area contributed by atoms with Crippen molar-refractivity contribution in [3.05, 3.63) is 0 Å². The molecule has 1 amide bonds. The highest BCUT2D eigenvalue weighted by Gasteiger charge is 2.34. The Kier molecular flexibility index (Phi) is 4.68. The highest BCUT2D eigenvalue weighted by molar-refractivity contribution is 5.68. The van der Waals surface area contributed by atoms with Gasteiger partial charge in [-0.15, -0.1) is 0 Å². The van der Waals surface area contributed by atoms with Crippen LogP contribution in [0.15, 0.2) is 0 Å². The number of rotatable bonds is 3. The fourth-order valence-electron chi connectivity index (χ4n) is 2.47. The second-order valence-corrected chi connectivity index (χ2v) is 6.52. The van der Waals surface area contributed by atoms with Gasteiger partial charge in [-0.2, -0.15) is 0 Å². The zero-order valence-electron chi connectivity index (χ0n) is 12.2. The van der Waals surface area contributed by atoms with Gasteiger partial charge in [0.2, 0.25) is 0 Å². The first-order valence-corrected chi connectivity index (χ1v) is 7.28. The van der Waals surface area contributed by atoms with Crippen LogP contribution < -0.4 is 10.6 Å². The van der Waals surface area contributed by atoms with Gasteiger partial charge in [0.15, 0.2) is 0 Å². The molecule has 0 aromatic rings. The molecular formula is C14H26N2O3. The van der Waals surface area contributed by atoms with E-state index in [1.807, 2.05) is 20.8 Å². The summed E-state index contributed by atoms with van der Waals surface area (Å²) in [5.41, 5.74) is -0.432. The SMILES string of the molecule is CC(C)(C)OC(=O)N[C@H]1C[C@H](OC2CCNCC2)C1. The van der Waals surface area contributed by atoms with Crippen molar-refractivity contribution in [3.8, 4) is 0 Å². The minimum Gasteiger partial charge on any atom is -0.444 e. The molecule has 1 aliphatic carbocycles. The minimum atomic E-state index is -0.432. The van der Waals surface area contributed by atoms with E-state index < -0.39 is 5.60 Å². The summed E-state index contributed by atoms with van der Waals surface area (Å²) < 4.78 is 11.2. The Morgan fingerprint density at radius 3 is 2.37 bits per heavy atom. The van der Waals surface area contributed by atoms with Crippen LogP contribution in [0.5, 0.6) is 0 Å². The Morgan fingerprint density at radius 2 is 1.79 bits per heavy atom. The Hall–Kier alpha value is -0.810. The quantitative estimate of drug-likeness (QED) is 0.821. The van der Waals surface area contributed by atoms with Crippen molar-refractivity contribution in [2.45, 2.75) is 70.3 Å². The molecule has 0 radical (unpaired) electrons. The average Bonchev–Trinajstić information content (AvgIpc) is 2.25. The third-order valence-electron chi connectivity index (χ3n) is 3.49. The van der Waals surface area contributed by atoms with Crippen LogP contribution in [0, 0.1) is 0 Å². The Balaban J connectivity index is 1.59. The lowest BCUT2D eigenvalue weighted by atomic mass is 9.89. The number of piperidine rings is 1. The van der Waals surface area contributed by atoms with E-state index >= 15 is 0 Å². The molecule has 19 heavy (non-hydrogen) atoms. The van der Waals surface area contributed by atoms with Gasteiger partial charge in [-0.1, -0.05) is 0 Å². The molecule has 0 aromatic heterocycles. The van der Waals surface area contributed by atoms with Gasteiger partial charge in [0.25, 0.3) is 0 Å². The number of nitrogens with one attached hydrogen (secondary N) is 2. The Morgan fingerprint density at radius 1 is 1.16 bits per heavy atom. The number of amides is 1. The van der Waals surface area contributed by atoms with Crippen LogP contribution in [0.25, 0.3) is 0 Å². The summed E-state index contributed by atoms with van der Waals surface area (Å²) in [5.74, 6) is 0. The fourth-order valence-corrected chi connectivity index (χ4v) is 2.47. The molecule has 1 aliphatic heterocycles. The topological polar surface area (TPSA) is 59.6 Å². The predicted octanol–water partition coefficient (Wildman–Crippen LogP) is 1.81. The molecule has 5 heteroatoms. The van der Waals surface area contributed by atoms with Crippen molar-refractivity contribution in [3.63, 3.8) is 0 Å². The van der Waals surface area contributed by atoms with Crippen LogP contribution in [-0.4, -0.2) is 43.0 Å². The molecule has 5 nitrogen and oxygen atoms in total. The fraction of sp³-hybridized carbons (Fsp3) is 0.929. The van der Waals surface area contributed by atoms with Crippen molar-refractivity contribution in [2.75, 3.05) is 13.1 Å². The van der Waals surface area contributed by atoms with Gasteiger partial charge in [-0.05, 0) is 59.5 Å². The molecule has 2 aliphatic rings. The lowest BCUT2D eigenvalue weighted by Gasteiger charge is -2.38. The number of carbonyl (C=O) groups excluding carboxylic acids is 1. The number of hydrogen-bond donors (Lipinski definition) is 2. The van der Waals surface area contributed by atoms with Crippen molar-refractivity contribution >= 4 is 6.09 Å². The Labute approximate surface area is 115 Å². The molecule has 0 aromatic carbocycles.